The van der Waals surface area contributed by atoms with Gasteiger partial charge in [-0.05, 0) is 77.0 Å². The molecular formula is C60H110O6. The Morgan fingerprint density at radius 1 is 0.303 bits per heavy atom. The summed E-state index contributed by atoms with van der Waals surface area (Å²) in [5.41, 5.74) is 0. The van der Waals surface area contributed by atoms with Crippen molar-refractivity contribution in [3.63, 3.8) is 0 Å². The molecule has 0 unspecified atom stereocenters. The van der Waals surface area contributed by atoms with Gasteiger partial charge in [-0.25, -0.2) is 0 Å². The molecule has 1 atom stereocenters. The van der Waals surface area contributed by atoms with E-state index in [4.69, 9.17) is 14.2 Å². The van der Waals surface area contributed by atoms with Gasteiger partial charge in [0.05, 0.1) is 0 Å². The first kappa shape index (κ1) is 63.6. The molecule has 0 rings (SSSR count). The lowest BCUT2D eigenvalue weighted by Gasteiger charge is -2.18. The number of allylic oxidation sites excluding steroid dienone is 6. The maximum absolute atomic E-state index is 12.9. The van der Waals surface area contributed by atoms with Gasteiger partial charge in [0.2, 0.25) is 0 Å². The van der Waals surface area contributed by atoms with Crippen LogP contribution in [0.5, 0.6) is 0 Å². The molecule has 0 radical (unpaired) electrons. The second kappa shape index (κ2) is 55.2. The van der Waals surface area contributed by atoms with Crippen LogP contribution in [0.25, 0.3) is 0 Å². The largest absolute Gasteiger partial charge is 0.462 e. The van der Waals surface area contributed by atoms with Crippen LogP contribution >= 0.6 is 0 Å². The Bertz CT molecular complexity index is 1110. The number of carbonyl (C=O) groups excluding carboxylic acids is 3. The standard InChI is InChI=1S/C60H110O6/c1-4-7-10-13-16-19-22-25-28-30-33-35-38-41-44-47-50-53-59(62)65-56-57(55-64-58(61)52-49-46-43-40-37-34-31-27-24-21-18-15-12-9-6-3)66-60(63)54-51-48-45-42-39-36-32-29-26-23-20-17-14-11-8-5-2/h18,21,25,27-28,31,57H,4-17,19-20,22-24,26,29-30,32-56H2,1-3H3/b21-18+,28-25+,31-27+/t57-/m1/s1. The first-order valence-electron chi connectivity index (χ1n) is 29.0. The first-order chi connectivity index (χ1) is 32.5. The van der Waals surface area contributed by atoms with Crippen molar-refractivity contribution in [2.75, 3.05) is 13.2 Å². The van der Waals surface area contributed by atoms with Gasteiger partial charge in [-0.1, -0.05) is 250 Å². The number of esters is 3. The summed E-state index contributed by atoms with van der Waals surface area (Å²) in [6.45, 7) is 6.64. The van der Waals surface area contributed by atoms with E-state index in [1.165, 1.54) is 193 Å². The molecule has 0 aliphatic carbocycles. The minimum absolute atomic E-state index is 0.0755. The minimum atomic E-state index is -0.776. The Labute approximate surface area is 410 Å². The highest BCUT2D eigenvalue weighted by molar-refractivity contribution is 5.71. The van der Waals surface area contributed by atoms with Gasteiger partial charge in [0.25, 0.3) is 0 Å². The highest BCUT2D eigenvalue weighted by Gasteiger charge is 2.19. The predicted octanol–water partition coefficient (Wildman–Crippen LogP) is 19.3. The zero-order chi connectivity index (χ0) is 47.9. The summed E-state index contributed by atoms with van der Waals surface area (Å²) in [7, 11) is 0. The minimum Gasteiger partial charge on any atom is -0.462 e. The van der Waals surface area contributed by atoms with Crippen molar-refractivity contribution in [3.05, 3.63) is 36.5 Å². The monoisotopic (exact) mass is 927 g/mol. The van der Waals surface area contributed by atoms with E-state index < -0.39 is 6.10 Å². The van der Waals surface area contributed by atoms with Crippen LogP contribution in [0.3, 0.4) is 0 Å². The highest BCUT2D eigenvalue weighted by Crippen LogP contribution is 2.16. The third-order valence-electron chi connectivity index (χ3n) is 12.9. The molecule has 0 amide bonds. The molecule has 6 nitrogen and oxygen atoms in total. The number of carbonyl (C=O) groups is 3. The fourth-order valence-corrected chi connectivity index (χ4v) is 8.47. The Kier molecular flexibility index (Phi) is 53.2. The molecule has 0 N–H and O–H groups in total. The topological polar surface area (TPSA) is 78.9 Å². The van der Waals surface area contributed by atoms with Crippen LogP contribution in [0, 0.1) is 0 Å². The Hall–Kier alpha value is -2.37. The summed E-state index contributed by atoms with van der Waals surface area (Å²) < 4.78 is 16.9. The molecule has 0 saturated heterocycles. The zero-order valence-corrected chi connectivity index (χ0v) is 44.2. The van der Waals surface area contributed by atoms with E-state index in [0.29, 0.717) is 19.3 Å². The summed E-state index contributed by atoms with van der Waals surface area (Å²) in [4.78, 5) is 38.1. The summed E-state index contributed by atoms with van der Waals surface area (Å²) >= 11 is 0. The molecule has 0 saturated carbocycles. The third-order valence-corrected chi connectivity index (χ3v) is 12.9. The first-order valence-corrected chi connectivity index (χ1v) is 29.0. The van der Waals surface area contributed by atoms with Crippen molar-refractivity contribution in [1.29, 1.82) is 0 Å². The van der Waals surface area contributed by atoms with Gasteiger partial charge in [0.15, 0.2) is 6.10 Å². The second-order valence-corrected chi connectivity index (χ2v) is 19.6. The molecule has 386 valence electrons. The van der Waals surface area contributed by atoms with Gasteiger partial charge in [0, 0.05) is 19.3 Å². The van der Waals surface area contributed by atoms with Crippen molar-refractivity contribution >= 4 is 17.9 Å². The second-order valence-electron chi connectivity index (χ2n) is 19.6. The molecule has 0 fully saturated rings. The van der Waals surface area contributed by atoms with Crippen LogP contribution in [0.1, 0.15) is 310 Å². The number of unbranched alkanes of at least 4 members (excludes halogenated alkanes) is 36. The number of rotatable bonds is 53. The van der Waals surface area contributed by atoms with Crippen LogP contribution < -0.4 is 0 Å². The van der Waals surface area contributed by atoms with Gasteiger partial charge in [-0.2, -0.15) is 0 Å². The zero-order valence-electron chi connectivity index (χ0n) is 44.2. The maximum atomic E-state index is 12.9. The molecule has 6 heteroatoms. The highest BCUT2D eigenvalue weighted by atomic mass is 16.6. The molecule has 0 aromatic rings. The molecule has 66 heavy (non-hydrogen) atoms. The fourth-order valence-electron chi connectivity index (χ4n) is 8.47. The average Bonchev–Trinajstić information content (AvgIpc) is 3.31. The Morgan fingerprint density at radius 2 is 0.545 bits per heavy atom. The van der Waals surface area contributed by atoms with Crippen LogP contribution in [0.2, 0.25) is 0 Å². The molecule has 0 bridgehead atoms. The van der Waals surface area contributed by atoms with Crippen molar-refractivity contribution < 1.29 is 28.6 Å². The fraction of sp³-hybridized carbons (Fsp3) is 0.850. The summed E-state index contributed by atoms with van der Waals surface area (Å²) in [5, 5.41) is 0. The van der Waals surface area contributed by atoms with Crippen LogP contribution in [-0.2, 0) is 28.6 Å². The van der Waals surface area contributed by atoms with E-state index >= 15 is 0 Å². The van der Waals surface area contributed by atoms with E-state index in [1.807, 2.05) is 0 Å². The summed E-state index contributed by atoms with van der Waals surface area (Å²) in [6.07, 6.45) is 65.6. The number of hydrogen-bond acceptors (Lipinski definition) is 6. The van der Waals surface area contributed by atoms with E-state index in [0.717, 1.165) is 77.0 Å². The van der Waals surface area contributed by atoms with E-state index in [2.05, 4.69) is 57.2 Å². The van der Waals surface area contributed by atoms with Gasteiger partial charge in [0.1, 0.15) is 13.2 Å². The van der Waals surface area contributed by atoms with Crippen molar-refractivity contribution in [2.45, 2.75) is 316 Å². The summed E-state index contributed by atoms with van der Waals surface area (Å²) in [6, 6.07) is 0. The molecule has 0 aromatic carbocycles. The lowest BCUT2D eigenvalue weighted by atomic mass is 10.0. The van der Waals surface area contributed by atoms with Crippen LogP contribution in [0.15, 0.2) is 36.5 Å². The SMILES string of the molecule is CCCCC/C=C/C/C=C/CCCCCCCC(=O)OC[C@H](COC(=O)CCCCCCCCC/C=C/CCCCCCCC)OC(=O)CCCCCCCCCCCCCCCCCC. The van der Waals surface area contributed by atoms with Crippen molar-refractivity contribution in [3.8, 4) is 0 Å². The van der Waals surface area contributed by atoms with Gasteiger partial charge in [-0.3, -0.25) is 14.4 Å². The summed E-state index contributed by atoms with van der Waals surface area (Å²) in [5.74, 6) is -0.876. The smallest absolute Gasteiger partial charge is 0.306 e. The Balaban J connectivity index is 4.36. The molecule has 0 aliphatic heterocycles. The van der Waals surface area contributed by atoms with Gasteiger partial charge >= 0.3 is 17.9 Å². The van der Waals surface area contributed by atoms with E-state index in [9.17, 15) is 14.4 Å². The van der Waals surface area contributed by atoms with Crippen LogP contribution in [-0.4, -0.2) is 37.2 Å². The third kappa shape index (κ3) is 52.6. The maximum Gasteiger partial charge on any atom is 0.306 e. The molecule has 0 aromatic heterocycles. The lowest BCUT2D eigenvalue weighted by molar-refractivity contribution is -0.167. The Morgan fingerprint density at radius 3 is 0.879 bits per heavy atom. The van der Waals surface area contributed by atoms with E-state index in [1.54, 1.807) is 0 Å². The number of ether oxygens (including phenoxy) is 3. The lowest BCUT2D eigenvalue weighted by Crippen LogP contribution is -2.30. The molecular weight excluding hydrogens is 817 g/mol. The predicted molar refractivity (Wildman–Crippen MR) is 284 cm³/mol. The number of hydrogen-bond donors (Lipinski definition) is 0. The molecule has 0 spiro atoms. The molecule has 0 heterocycles. The van der Waals surface area contributed by atoms with Gasteiger partial charge in [-0.15, -0.1) is 0 Å². The van der Waals surface area contributed by atoms with Crippen molar-refractivity contribution in [2.24, 2.45) is 0 Å². The van der Waals surface area contributed by atoms with Crippen molar-refractivity contribution in [1.82, 2.24) is 0 Å². The quantitative estimate of drug-likeness (QED) is 0.0262. The van der Waals surface area contributed by atoms with Crippen LogP contribution in [0.4, 0.5) is 0 Å². The molecule has 0 aliphatic rings. The van der Waals surface area contributed by atoms with E-state index in [-0.39, 0.29) is 31.1 Å². The normalized spacial score (nSPS) is 12.2. The van der Waals surface area contributed by atoms with Gasteiger partial charge < -0.3 is 14.2 Å². The average molecular weight is 928 g/mol.